The van der Waals surface area contributed by atoms with Gasteiger partial charge in [0, 0.05) is 11.1 Å². The Labute approximate surface area is 109 Å². The van der Waals surface area contributed by atoms with E-state index in [1.807, 2.05) is 12.3 Å². The second-order valence-corrected chi connectivity index (χ2v) is 6.37. The maximum atomic E-state index is 12.7. The van der Waals surface area contributed by atoms with E-state index in [4.69, 9.17) is 0 Å². The molecule has 0 fully saturated rings. The molecule has 1 N–H and O–H groups in total. The van der Waals surface area contributed by atoms with Gasteiger partial charge in [0.25, 0.3) is 0 Å². The van der Waals surface area contributed by atoms with Gasteiger partial charge in [-0.2, -0.15) is 0 Å². The zero-order chi connectivity index (χ0) is 13.2. The van der Waals surface area contributed by atoms with Crippen LogP contribution < -0.4 is 4.72 Å². The molecular weight excluding hydrogens is 275 g/mol. The Hall–Kier alpha value is -1.31. The minimum Gasteiger partial charge on any atom is -0.245 e. The Kier molecular flexibility index (Phi) is 3.74. The average Bonchev–Trinajstić information content (AvgIpc) is 2.73. The van der Waals surface area contributed by atoms with E-state index in [0.29, 0.717) is 5.01 Å². The van der Waals surface area contributed by atoms with Crippen LogP contribution in [0.3, 0.4) is 0 Å². The van der Waals surface area contributed by atoms with Crippen LogP contribution in [-0.4, -0.2) is 13.4 Å². The number of hydrogen-bond donors (Lipinski definition) is 1. The molecule has 0 aliphatic rings. The summed E-state index contributed by atoms with van der Waals surface area (Å²) in [6.07, 6.45) is 0. The third-order valence-corrected chi connectivity index (χ3v) is 4.59. The number of benzene rings is 1. The van der Waals surface area contributed by atoms with Crippen molar-refractivity contribution in [2.75, 3.05) is 0 Å². The number of thiazole rings is 1. The van der Waals surface area contributed by atoms with Gasteiger partial charge in [-0.05, 0) is 31.2 Å². The van der Waals surface area contributed by atoms with E-state index in [1.54, 1.807) is 0 Å². The first-order valence-electron chi connectivity index (χ1n) is 5.13. The van der Waals surface area contributed by atoms with E-state index in [-0.39, 0.29) is 11.4 Å². The standard InChI is InChI=1S/C11H11FN2O2S2/c1-8-7-17-11(14-8)6-13-18(15,16)10-4-2-9(12)3-5-10/h2-5,7,13H,6H2,1H3. The largest absolute Gasteiger partial charge is 0.245 e. The molecule has 1 aromatic carbocycles. The monoisotopic (exact) mass is 286 g/mol. The van der Waals surface area contributed by atoms with Crippen LogP contribution in [0.2, 0.25) is 0 Å². The average molecular weight is 286 g/mol. The first kappa shape index (κ1) is 13.1. The molecule has 0 aliphatic carbocycles. The van der Waals surface area contributed by atoms with Crippen LogP contribution in [0.25, 0.3) is 0 Å². The van der Waals surface area contributed by atoms with Gasteiger partial charge in [0.1, 0.15) is 10.8 Å². The molecular formula is C11H11FN2O2S2. The van der Waals surface area contributed by atoms with Crippen LogP contribution in [0.4, 0.5) is 4.39 Å². The lowest BCUT2D eigenvalue weighted by atomic mass is 10.4. The molecule has 0 aliphatic heterocycles. The number of aromatic nitrogens is 1. The summed E-state index contributed by atoms with van der Waals surface area (Å²) in [5.41, 5.74) is 0.857. The number of aryl methyl sites for hydroxylation is 1. The van der Waals surface area contributed by atoms with E-state index < -0.39 is 15.8 Å². The summed E-state index contributed by atoms with van der Waals surface area (Å²) in [7, 11) is -3.62. The summed E-state index contributed by atoms with van der Waals surface area (Å²) < 4.78 is 38.9. The zero-order valence-electron chi connectivity index (χ0n) is 9.55. The highest BCUT2D eigenvalue weighted by molar-refractivity contribution is 7.89. The third kappa shape index (κ3) is 3.12. The molecule has 0 radical (unpaired) electrons. The Balaban J connectivity index is 2.10. The second-order valence-electron chi connectivity index (χ2n) is 3.66. The van der Waals surface area contributed by atoms with Gasteiger partial charge in [-0.15, -0.1) is 11.3 Å². The predicted octanol–water partition coefficient (Wildman–Crippen LogP) is 2.07. The highest BCUT2D eigenvalue weighted by Gasteiger charge is 2.14. The molecule has 1 heterocycles. The minimum absolute atomic E-state index is 0.0391. The van der Waals surface area contributed by atoms with Crippen LogP contribution in [0.1, 0.15) is 10.7 Å². The molecule has 0 atom stereocenters. The Morgan fingerprint density at radius 2 is 2.00 bits per heavy atom. The van der Waals surface area contributed by atoms with Crippen LogP contribution in [0, 0.1) is 12.7 Å². The SMILES string of the molecule is Cc1csc(CNS(=O)(=O)c2ccc(F)cc2)n1. The highest BCUT2D eigenvalue weighted by Crippen LogP contribution is 2.12. The third-order valence-electron chi connectivity index (χ3n) is 2.20. The summed E-state index contributed by atoms with van der Waals surface area (Å²) in [4.78, 5) is 4.19. The van der Waals surface area contributed by atoms with Crippen LogP contribution in [0.5, 0.6) is 0 Å². The summed E-state index contributed by atoms with van der Waals surface area (Å²) in [5, 5.41) is 2.54. The quantitative estimate of drug-likeness (QED) is 0.936. The molecule has 1 aromatic heterocycles. The molecule has 0 unspecified atom stereocenters. The lowest BCUT2D eigenvalue weighted by Gasteiger charge is -2.04. The van der Waals surface area contributed by atoms with E-state index in [9.17, 15) is 12.8 Å². The van der Waals surface area contributed by atoms with Crippen LogP contribution in [-0.2, 0) is 16.6 Å². The zero-order valence-corrected chi connectivity index (χ0v) is 11.2. The molecule has 0 amide bonds. The first-order valence-corrected chi connectivity index (χ1v) is 7.50. The number of nitrogens with zero attached hydrogens (tertiary/aromatic N) is 1. The first-order chi connectivity index (χ1) is 8.47. The Morgan fingerprint density at radius 1 is 1.33 bits per heavy atom. The fourth-order valence-electron chi connectivity index (χ4n) is 1.34. The molecule has 0 bridgehead atoms. The number of sulfonamides is 1. The van der Waals surface area contributed by atoms with Crippen molar-refractivity contribution in [2.24, 2.45) is 0 Å². The molecule has 0 saturated heterocycles. The van der Waals surface area contributed by atoms with Crippen LogP contribution >= 0.6 is 11.3 Å². The van der Waals surface area contributed by atoms with Gasteiger partial charge in [-0.3, -0.25) is 0 Å². The highest BCUT2D eigenvalue weighted by atomic mass is 32.2. The molecule has 18 heavy (non-hydrogen) atoms. The number of nitrogens with one attached hydrogen (secondary N) is 1. The number of hydrogen-bond acceptors (Lipinski definition) is 4. The Bertz CT molecular complexity index is 635. The van der Waals surface area contributed by atoms with Gasteiger partial charge in [-0.1, -0.05) is 0 Å². The van der Waals surface area contributed by atoms with Crippen molar-refractivity contribution in [1.29, 1.82) is 0 Å². The molecule has 4 nitrogen and oxygen atoms in total. The molecule has 0 saturated carbocycles. The van der Waals surface area contributed by atoms with E-state index in [1.165, 1.54) is 23.5 Å². The smallest absolute Gasteiger partial charge is 0.240 e. The Morgan fingerprint density at radius 3 is 2.56 bits per heavy atom. The van der Waals surface area contributed by atoms with Gasteiger partial charge in [0.2, 0.25) is 10.0 Å². The second kappa shape index (κ2) is 5.13. The lowest BCUT2D eigenvalue weighted by molar-refractivity contribution is 0.580. The van der Waals surface area contributed by atoms with Crippen molar-refractivity contribution in [3.8, 4) is 0 Å². The van der Waals surface area contributed by atoms with Crippen LogP contribution in [0.15, 0.2) is 34.5 Å². The number of rotatable bonds is 4. The summed E-state index contributed by atoms with van der Waals surface area (Å²) >= 11 is 1.39. The van der Waals surface area contributed by atoms with Gasteiger partial charge < -0.3 is 0 Å². The summed E-state index contributed by atoms with van der Waals surface area (Å²) in [6, 6.07) is 4.68. The van der Waals surface area contributed by atoms with Gasteiger partial charge in [0.05, 0.1) is 11.4 Å². The van der Waals surface area contributed by atoms with Crippen molar-refractivity contribution in [3.05, 3.63) is 46.2 Å². The molecule has 2 aromatic rings. The van der Waals surface area contributed by atoms with Gasteiger partial charge in [-0.25, -0.2) is 22.5 Å². The van der Waals surface area contributed by atoms with E-state index >= 15 is 0 Å². The van der Waals surface area contributed by atoms with Crippen molar-refractivity contribution >= 4 is 21.4 Å². The molecule has 96 valence electrons. The summed E-state index contributed by atoms with van der Waals surface area (Å²) in [5.74, 6) is -0.468. The maximum absolute atomic E-state index is 12.7. The van der Waals surface area contributed by atoms with Gasteiger partial charge >= 0.3 is 0 Å². The van der Waals surface area contributed by atoms with Crippen molar-refractivity contribution in [2.45, 2.75) is 18.4 Å². The molecule has 2 rings (SSSR count). The molecule has 0 spiro atoms. The number of halogens is 1. The fraction of sp³-hybridized carbons (Fsp3) is 0.182. The van der Waals surface area contributed by atoms with Gasteiger partial charge in [0.15, 0.2) is 0 Å². The van der Waals surface area contributed by atoms with Crippen molar-refractivity contribution in [1.82, 2.24) is 9.71 Å². The minimum atomic E-state index is -3.62. The maximum Gasteiger partial charge on any atom is 0.240 e. The topological polar surface area (TPSA) is 59.1 Å². The molecule has 7 heteroatoms. The van der Waals surface area contributed by atoms with Crippen molar-refractivity contribution < 1.29 is 12.8 Å². The predicted molar refractivity (Wildman–Crippen MR) is 67.3 cm³/mol. The van der Waals surface area contributed by atoms with E-state index in [0.717, 1.165) is 17.8 Å². The normalized spacial score (nSPS) is 11.7. The van der Waals surface area contributed by atoms with Crippen molar-refractivity contribution in [3.63, 3.8) is 0 Å². The lowest BCUT2D eigenvalue weighted by Crippen LogP contribution is -2.23. The summed E-state index contributed by atoms with van der Waals surface area (Å²) in [6.45, 7) is 1.98. The van der Waals surface area contributed by atoms with E-state index in [2.05, 4.69) is 9.71 Å². The fourth-order valence-corrected chi connectivity index (χ4v) is 3.13.